The lowest BCUT2D eigenvalue weighted by Gasteiger charge is -2.25. The van der Waals surface area contributed by atoms with Crippen LogP contribution < -0.4 is 5.32 Å². The van der Waals surface area contributed by atoms with E-state index in [0.717, 1.165) is 0 Å². The second-order valence-corrected chi connectivity index (χ2v) is 6.38. The summed E-state index contributed by atoms with van der Waals surface area (Å²) in [5, 5.41) is 12.5. The maximum absolute atomic E-state index is 12.0. The summed E-state index contributed by atoms with van der Waals surface area (Å²) in [4.78, 5) is 15.9. The van der Waals surface area contributed by atoms with Gasteiger partial charge in [0.25, 0.3) is 5.91 Å². The topological polar surface area (TPSA) is 62.2 Å². The number of carbonyl (C=O) groups is 1. The number of carbonyl (C=O) groups excluding carboxylic acids is 1. The predicted molar refractivity (Wildman–Crippen MR) is 76.7 cm³/mol. The summed E-state index contributed by atoms with van der Waals surface area (Å²) in [6, 6.07) is 2.69. The van der Waals surface area contributed by atoms with Crippen LogP contribution in [0.4, 0.5) is 0 Å². The van der Waals surface area contributed by atoms with Crippen molar-refractivity contribution in [3.8, 4) is 0 Å². The number of aliphatic hydroxyl groups excluding tert-OH is 1. The largest absolute Gasteiger partial charge is 0.394 e. The summed E-state index contributed by atoms with van der Waals surface area (Å²) < 4.78 is 0. The molecule has 1 rings (SSSR count). The summed E-state index contributed by atoms with van der Waals surface area (Å²) >= 11 is 11.6. The van der Waals surface area contributed by atoms with Gasteiger partial charge in [-0.05, 0) is 24.0 Å². The van der Waals surface area contributed by atoms with Gasteiger partial charge in [0.2, 0.25) is 0 Å². The minimum atomic E-state index is -0.434. The molecule has 0 bridgehead atoms. The van der Waals surface area contributed by atoms with Gasteiger partial charge in [-0.3, -0.25) is 4.79 Å². The third-order valence-electron chi connectivity index (χ3n) is 2.44. The highest BCUT2D eigenvalue weighted by molar-refractivity contribution is 6.34. The summed E-state index contributed by atoms with van der Waals surface area (Å²) in [6.07, 6.45) is 0.646. The Labute approximate surface area is 123 Å². The molecule has 1 aromatic rings. The van der Waals surface area contributed by atoms with Crippen LogP contribution in [0.2, 0.25) is 10.2 Å². The summed E-state index contributed by atoms with van der Waals surface area (Å²) in [5.74, 6) is -0.434. The molecule has 6 heteroatoms. The van der Waals surface area contributed by atoms with Gasteiger partial charge in [-0.15, -0.1) is 0 Å². The number of amides is 1. The molecule has 0 radical (unpaired) electrons. The first-order valence-corrected chi connectivity index (χ1v) is 6.72. The fourth-order valence-electron chi connectivity index (χ4n) is 1.73. The molecular weight excluding hydrogens is 287 g/mol. The van der Waals surface area contributed by atoms with Crippen molar-refractivity contribution in [1.82, 2.24) is 10.3 Å². The molecule has 2 N–H and O–H groups in total. The standard InChI is InChI=1S/C13H18Cl2N2O2/c1-13(2,3)6-8(7-18)16-12(19)11-9(14)4-5-10(15)17-11/h4-5,8,18H,6-7H2,1-3H3,(H,16,19). The van der Waals surface area contributed by atoms with E-state index in [-0.39, 0.29) is 33.9 Å². The van der Waals surface area contributed by atoms with Gasteiger partial charge in [-0.25, -0.2) is 4.98 Å². The fourth-order valence-corrected chi connectivity index (χ4v) is 2.07. The van der Waals surface area contributed by atoms with Gasteiger partial charge < -0.3 is 10.4 Å². The number of aliphatic hydroxyl groups is 1. The van der Waals surface area contributed by atoms with E-state index >= 15 is 0 Å². The normalized spacial score (nSPS) is 13.2. The third-order valence-corrected chi connectivity index (χ3v) is 2.96. The van der Waals surface area contributed by atoms with Crippen molar-refractivity contribution in [3.63, 3.8) is 0 Å². The Hall–Kier alpha value is -0.840. The average molecular weight is 305 g/mol. The molecule has 1 amide bonds. The van der Waals surface area contributed by atoms with Crippen molar-refractivity contribution in [3.05, 3.63) is 28.0 Å². The quantitative estimate of drug-likeness (QED) is 0.841. The van der Waals surface area contributed by atoms with Gasteiger partial charge in [0.1, 0.15) is 10.8 Å². The van der Waals surface area contributed by atoms with Crippen molar-refractivity contribution in [2.75, 3.05) is 6.61 Å². The molecule has 106 valence electrons. The Balaban J connectivity index is 2.80. The molecule has 1 aromatic heterocycles. The molecule has 1 heterocycles. The van der Waals surface area contributed by atoms with E-state index in [1.165, 1.54) is 12.1 Å². The highest BCUT2D eigenvalue weighted by Crippen LogP contribution is 2.21. The molecule has 0 aliphatic heterocycles. The van der Waals surface area contributed by atoms with E-state index in [2.05, 4.69) is 10.3 Å². The minimum absolute atomic E-state index is 0.00771. The Morgan fingerprint density at radius 3 is 2.58 bits per heavy atom. The van der Waals surface area contributed by atoms with Gasteiger partial charge in [-0.2, -0.15) is 0 Å². The molecule has 1 unspecified atom stereocenters. The molecule has 0 saturated carbocycles. The first-order valence-electron chi connectivity index (χ1n) is 5.96. The zero-order valence-electron chi connectivity index (χ0n) is 11.2. The van der Waals surface area contributed by atoms with Crippen molar-refractivity contribution in [2.24, 2.45) is 5.41 Å². The van der Waals surface area contributed by atoms with Crippen molar-refractivity contribution < 1.29 is 9.90 Å². The maximum atomic E-state index is 12.0. The number of halogens is 2. The number of rotatable bonds is 4. The van der Waals surface area contributed by atoms with E-state index in [1.54, 1.807) is 0 Å². The van der Waals surface area contributed by atoms with Crippen LogP contribution in [0.5, 0.6) is 0 Å². The molecule has 1 atom stereocenters. The summed E-state index contributed by atoms with van der Waals surface area (Å²) in [6.45, 7) is 5.96. The van der Waals surface area contributed by atoms with Crippen LogP contribution in [0.25, 0.3) is 0 Å². The first kappa shape index (κ1) is 16.2. The number of pyridine rings is 1. The van der Waals surface area contributed by atoms with Crippen LogP contribution >= 0.6 is 23.2 Å². The van der Waals surface area contributed by atoms with E-state index in [9.17, 15) is 9.90 Å². The van der Waals surface area contributed by atoms with Gasteiger partial charge in [0, 0.05) is 0 Å². The number of nitrogens with zero attached hydrogens (tertiary/aromatic N) is 1. The highest BCUT2D eigenvalue weighted by Gasteiger charge is 2.22. The SMILES string of the molecule is CC(C)(C)CC(CO)NC(=O)c1nc(Cl)ccc1Cl. The van der Waals surface area contributed by atoms with Crippen LogP contribution in [0.15, 0.2) is 12.1 Å². The van der Waals surface area contributed by atoms with Gasteiger partial charge >= 0.3 is 0 Å². The van der Waals surface area contributed by atoms with Crippen molar-refractivity contribution in [2.45, 2.75) is 33.2 Å². The maximum Gasteiger partial charge on any atom is 0.271 e. The summed E-state index contributed by atoms with van der Waals surface area (Å²) in [5.41, 5.74) is 0.0632. The zero-order valence-corrected chi connectivity index (χ0v) is 12.7. The molecule has 0 fully saturated rings. The van der Waals surface area contributed by atoms with Crippen LogP contribution in [0, 0.1) is 5.41 Å². The Morgan fingerprint density at radius 1 is 1.42 bits per heavy atom. The average Bonchev–Trinajstić information content (AvgIpc) is 2.29. The minimum Gasteiger partial charge on any atom is -0.394 e. The van der Waals surface area contributed by atoms with Crippen LogP contribution in [-0.4, -0.2) is 28.6 Å². The Morgan fingerprint density at radius 2 is 2.05 bits per heavy atom. The van der Waals surface area contributed by atoms with Gasteiger partial charge in [-0.1, -0.05) is 44.0 Å². The molecule has 0 aliphatic rings. The highest BCUT2D eigenvalue weighted by atomic mass is 35.5. The van der Waals surface area contributed by atoms with E-state index in [0.29, 0.717) is 6.42 Å². The second kappa shape index (κ2) is 6.55. The van der Waals surface area contributed by atoms with E-state index < -0.39 is 5.91 Å². The molecule has 0 saturated heterocycles. The lowest BCUT2D eigenvalue weighted by atomic mass is 9.88. The third kappa shape index (κ3) is 5.35. The fraction of sp³-hybridized carbons (Fsp3) is 0.538. The lowest BCUT2D eigenvalue weighted by Crippen LogP contribution is -2.40. The molecule has 19 heavy (non-hydrogen) atoms. The number of nitrogens with one attached hydrogen (secondary N) is 1. The van der Waals surface area contributed by atoms with Gasteiger partial charge in [0.05, 0.1) is 17.7 Å². The Bertz CT molecular complexity index is 458. The van der Waals surface area contributed by atoms with Crippen LogP contribution in [0.1, 0.15) is 37.7 Å². The van der Waals surface area contributed by atoms with Gasteiger partial charge in [0.15, 0.2) is 0 Å². The number of hydrogen-bond donors (Lipinski definition) is 2. The van der Waals surface area contributed by atoms with Crippen molar-refractivity contribution >= 4 is 29.1 Å². The lowest BCUT2D eigenvalue weighted by molar-refractivity contribution is 0.0893. The molecular formula is C13H18Cl2N2O2. The number of aromatic nitrogens is 1. The molecule has 0 aromatic carbocycles. The molecule has 0 spiro atoms. The Kier molecular flexibility index (Phi) is 5.59. The predicted octanol–water partition coefficient (Wildman–Crippen LogP) is 2.92. The van der Waals surface area contributed by atoms with Crippen LogP contribution in [0.3, 0.4) is 0 Å². The molecule has 0 aliphatic carbocycles. The van der Waals surface area contributed by atoms with Crippen LogP contribution in [-0.2, 0) is 0 Å². The first-order chi connectivity index (χ1) is 8.73. The summed E-state index contributed by atoms with van der Waals surface area (Å²) in [7, 11) is 0. The number of hydrogen-bond acceptors (Lipinski definition) is 3. The zero-order chi connectivity index (χ0) is 14.6. The van der Waals surface area contributed by atoms with E-state index in [4.69, 9.17) is 23.2 Å². The smallest absolute Gasteiger partial charge is 0.271 e. The monoisotopic (exact) mass is 304 g/mol. The second-order valence-electron chi connectivity index (χ2n) is 5.58. The molecule has 4 nitrogen and oxygen atoms in total. The van der Waals surface area contributed by atoms with E-state index in [1.807, 2.05) is 20.8 Å². The van der Waals surface area contributed by atoms with Crippen molar-refractivity contribution in [1.29, 1.82) is 0 Å².